The average Bonchev–Trinajstić information content (AvgIpc) is 2.86. The monoisotopic (exact) mass is 226 g/mol. The van der Waals surface area contributed by atoms with Gasteiger partial charge < -0.3 is 14.4 Å². The number of aliphatic carboxylic acids is 1. The average molecular weight is 226 g/mol. The summed E-state index contributed by atoms with van der Waals surface area (Å²) in [5.74, 6) is -1.26. The van der Waals surface area contributed by atoms with Crippen LogP contribution in [0.4, 0.5) is 0 Å². The van der Waals surface area contributed by atoms with E-state index in [0.717, 1.165) is 5.56 Å². The molecular formula is C10H14N2O4. The molecule has 2 rings (SSSR count). The van der Waals surface area contributed by atoms with E-state index >= 15 is 0 Å². The molecular weight excluding hydrogens is 212 g/mol. The molecule has 0 spiro atoms. The Balaban J connectivity index is 1.98. The summed E-state index contributed by atoms with van der Waals surface area (Å²) in [6, 6.07) is -0.0904. The van der Waals surface area contributed by atoms with Crippen LogP contribution in [0.25, 0.3) is 0 Å². The first kappa shape index (κ1) is 11.1. The zero-order valence-corrected chi connectivity index (χ0v) is 9.00. The van der Waals surface area contributed by atoms with Crippen LogP contribution in [0.2, 0.25) is 0 Å². The lowest BCUT2D eigenvalue weighted by atomic mass is 10.0. The summed E-state index contributed by atoms with van der Waals surface area (Å²) in [5.41, 5.74) is 0.929. The molecule has 1 saturated heterocycles. The second-order valence-corrected chi connectivity index (χ2v) is 4.00. The van der Waals surface area contributed by atoms with Gasteiger partial charge in [-0.1, -0.05) is 5.16 Å². The Morgan fingerprint density at radius 2 is 2.50 bits per heavy atom. The van der Waals surface area contributed by atoms with Crippen LogP contribution < -0.4 is 0 Å². The molecule has 1 aromatic rings. The minimum Gasteiger partial charge on any atom is -0.481 e. The van der Waals surface area contributed by atoms with Gasteiger partial charge in [-0.15, -0.1) is 0 Å². The molecule has 88 valence electrons. The molecule has 1 fully saturated rings. The predicted octanol–water partition coefficient (Wildman–Crippen LogP) is 0.206. The lowest BCUT2D eigenvalue weighted by molar-refractivity contribution is -0.143. The molecule has 0 bridgehead atoms. The number of carbonyl (C=O) groups is 1. The minimum atomic E-state index is -0.806. The van der Waals surface area contributed by atoms with Gasteiger partial charge in [-0.2, -0.15) is 0 Å². The molecule has 6 nitrogen and oxygen atoms in total. The Bertz CT molecular complexity index is 352. The zero-order valence-electron chi connectivity index (χ0n) is 9.00. The number of carboxylic acids is 1. The number of ether oxygens (including phenoxy) is 1. The smallest absolute Gasteiger partial charge is 0.310 e. The fourth-order valence-corrected chi connectivity index (χ4v) is 1.92. The Morgan fingerprint density at radius 1 is 1.69 bits per heavy atom. The van der Waals surface area contributed by atoms with Crippen molar-refractivity contribution in [3.63, 3.8) is 0 Å². The maximum atomic E-state index is 11.0. The largest absolute Gasteiger partial charge is 0.481 e. The normalized spacial score (nSPS) is 25.1. The molecule has 1 aliphatic heterocycles. The van der Waals surface area contributed by atoms with Crippen molar-refractivity contribution >= 4 is 5.97 Å². The van der Waals surface area contributed by atoms with Gasteiger partial charge in [0.25, 0.3) is 0 Å². The van der Waals surface area contributed by atoms with E-state index in [4.69, 9.17) is 14.4 Å². The molecule has 2 unspecified atom stereocenters. The van der Waals surface area contributed by atoms with Crippen molar-refractivity contribution in [3.05, 3.63) is 18.0 Å². The maximum Gasteiger partial charge on any atom is 0.310 e. The van der Waals surface area contributed by atoms with Crippen LogP contribution in [0.3, 0.4) is 0 Å². The third kappa shape index (κ3) is 2.23. The first-order chi connectivity index (χ1) is 7.68. The summed E-state index contributed by atoms with van der Waals surface area (Å²) in [6.07, 6.45) is 3.18. The molecule has 0 aliphatic carbocycles. The summed E-state index contributed by atoms with van der Waals surface area (Å²) in [7, 11) is 1.88. The fraction of sp³-hybridized carbons (Fsp3) is 0.600. The lowest BCUT2D eigenvalue weighted by Crippen LogP contribution is -2.40. The van der Waals surface area contributed by atoms with Gasteiger partial charge in [0.05, 0.1) is 25.3 Å². The standard InChI is InChI=1S/C10H14N2O4/c1-12(3-7-2-11-16-4-7)9-6-15-5-8(9)10(13)14/h2,4,8-9H,3,5-6H2,1H3,(H,13,14). The van der Waals surface area contributed by atoms with Crippen LogP contribution >= 0.6 is 0 Å². The lowest BCUT2D eigenvalue weighted by Gasteiger charge is -2.25. The Kier molecular flexibility index (Phi) is 3.21. The summed E-state index contributed by atoms with van der Waals surface area (Å²) in [6.45, 7) is 1.36. The zero-order chi connectivity index (χ0) is 11.5. The molecule has 1 aliphatic rings. The first-order valence-electron chi connectivity index (χ1n) is 5.07. The van der Waals surface area contributed by atoms with E-state index in [1.54, 1.807) is 12.5 Å². The van der Waals surface area contributed by atoms with Crippen LogP contribution in [0.5, 0.6) is 0 Å². The fourth-order valence-electron chi connectivity index (χ4n) is 1.92. The summed E-state index contributed by atoms with van der Waals surface area (Å²) < 4.78 is 9.94. The number of hydrogen-bond donors (Lipinski definition) is 1. The van der Waals surface area contributed by atoms with E-state index in [9.17, 15) is 4.79 Å². The van der Waals surface area contributed by atoms with E-state index in [1.807, 2.05) is 11.9 Å². The molecule has 2 atom stereocenters. The molecule has 1 N–H and O–H groups in total. The number of nitrogens with zero attached hydrogens (tertiary/aromatic N) is 2. The third-order valence-electron chi connectivity index (χ3n) is 2.85. The summed E-state index contributed by atoms with van der Waals surface area (Å²) >= 11 is 0. The van der Waals surface area contributed by atoms with E-state index < -0.39 is 11.9 Å². The van der Waals surface area contributed by atoms with Gasteiger partial charge in [0.1, 0.15) is 6.26 Å². The molecule has 6 heteroatoms. The third-order valence-corrected chi connectivity index (χ3v) is 2.85. The van der Waals surface area contributed by atoms with Crippen molar-refractivity contribution in [1.82, 2.24) is 10.1 Å². The molecule has 0 aromatic carbocycles. The Hall–Kier alpha value is -1.40. The Morgan fingerprint density at radius 3 is 3.12 bits per heavy atom. The number of rotatable bonds is 4. The topological polar surface area (TPSA) is 75.8 Å². The SMILES string of the molecule is CN(Cc1cnoc1)C1COCC1C(=O)O. The van der Waals surface area contributed by atoms with Crippen molar-refractivity contribution in [3.8, 4) is 0 Å². The van der Waals surface area contributed by atoms with Crippen molar-refractivity contribution in [2.45, 2.75) is 12.6 Å². The molecule has 0 saturated carbocycles. The summed E-state index contributed by atoms with van der Waals surface area (Å²) in [4.78, 5) is 12.9. The van der Waals surface area contributed by atoms with Crippen molar-refractivity contribution in [1.29, 1.82) is 0 Å². The van der Waals surface area contributed by atoms with Gasteiger partial charge >= 0.3 is 5.97 Å². The van der Waals surface area contributed by atoms with Gasteiger partial charge in [-0.05, 0) is 7.05 Å². The molecule has 16 heavy (non-hydrogen) atoms. The van der Waals surface area contributed by atoms with Gasteiger partial charge in [0.15, 0.2) is 0 Å². The highest BCUT2D eigenvalue weighted by atomic mass is 16.5. The second-order valence-electron chi connectivity index (χ2n) is 4.00. The van der Waals surface area contributed by atoms with Crippen LogP contribution in [-0.4, -0.2) is 47.4 Å². The van der Waals surface area contributed by atoms with Gasteiger partial charge in [-0.3, -0.25) is 9.69 Å². The van der Waals surface area contributed by atoms with Crippen molar-refractivity contribution in [2.24, 2.45) is 5.92 Å². The van der Waals surface area contributed by atoms with E-state index in [-0.39, 0.29) is 12.6 Å². The molecule has 0 radical (unpaired) electrons. The number of hydrogen-bond acceptors (Lipinski definition) is 5. The highest BCUT2D eigenvalue weighted by molar-refractivity contribution is 5.71. The maximum absolute atomic E-state index is 11.0. The Labute approximate surface area is 92.8 Å². The molecule has 1 aromatic heterocycles. The quantitative estimate of drug-likeness (QED) is 0.790. The first-order valence-corrected chi connectivity index (χ1v) is 5.07. The van der Waals surface area contributed by atoms with E-state index in [1.165, 1.54) is 0 Å². The minimum absolute atomic E-state index is 0.0904. The number of carboxylic acid groups (broad SMARTS) is 1. The van der Waals surface area contributed by atoms with Gasteiger partial charge in [0, 0.05) is 18.2 Å². The van der Waals surface area contributed by atoms with Crippen LogP contribution in [-0.2, 0) is 16.1 Å². The molecule has 2 heterocycles. The number of likely N-dealkylation sites (N-methyl/N-ethyl adjacent to an activating group) is 1. The van der Waals surface area contributed by atoms with E-state index in [2.05, 4.69) is 5.16 Å². The van der Waals surface area contributed by atoms with Crippen molar-refractivity contribution in [2.75, 3.05) is 20.3 Å². The second kappa shape index (κ2) is 4.63. The number of aromatic nitrogens is 1. The predicted molar refractivity (Wildman–Crippen MR) is 53.7 cm³/mol. The van der Waals surface area contributed by atoms with Crippen LogP contribution in [0.15, 0.2) is 17.0 Å². The summed E-state index contributed by atoms with van der Waals surface area (Å²) in [5, 5.41) is 12.6. The molecule has 0 amide bonds. The van der Waals surface area contributed by atoms with Crippen molar-refractivity contribution < 1.29 is 19.2 Å². The van der Waals surface area contributed by atoms with Gasteiger partial charge in [0.2, 0.25) is 0 Å². The van der Waals surface area contributed by atoms with Crippen LogP contribution in [0, 0.1) is 5.92 Å². The van der Waals surface area contributed by atoms with Crippen LogP contribution in [0.1, 0.15) is 5.56 Å². The van der Waals surface area contributed by atoms with Gasteiger partial charge in [-0.25, -0.2) is 0 Å². The van der Waals surface area contributed by atoms with E-state index in [0.29, 0.717) is 13.2 Å². The highest BCUT2D eigenvalue weighted by Crippen LogP contribution is 2.20. The highest BCUT2D eigenvalue weighted by Gasteiger charge is 2.36.